The molecule has 0 amide bonds. The molecule has 0 aliphatic rings. The van der Waals surface area contributed by atoms with E-state index in [1.54, 1.807) is 0 Å². The van der Waals surface area contributed by atoms with Crippen LogP contribution in [-0.2, 0) is 9.53 Å². The normalized spacial score (nSPS) is 16.1. The van der Waals surface area contributed by atoms with Gasteiger partial charge in [-0.15, -0.1) is 0 Å². The Morgan fingerprint density at radius 3 is 2.00 bits per heavy atom. The second kappa shape index (κ2) is 10.5. The first kappa shape index (κ1) is 27.7. The van der Waals surface area contributed by atoms with Gasteiger partial charge in [0.25, 0.3) is 0 Å². The van der Waals surface area contributed by atoms with Gasteiger partial charge in [-0.1, -0.05) is 75.7 Å². The van der Waals surface area contributed by atoms with Gasteiger partial charge in [-0.25, -0.2) is 0 Å². The van der Waals surface area contributed by atoms with Crippen LogP contribution < -0.4 is 0 Å². The van der Waals surface area contributed by atoms with E-state index in [-0.39, 0.29) is 28.1 Å². The third-order valence-electron chi connectivity index (χ3n) is 7.82. The monoisotopic (exact) mass is 431 g/mol. The Morgan fingerprint density at radius 1 is 1.00 bits per heavy atom. The summed E-state index contributed by atoms with van der Waals surface area (Å²) < 4.78 is 5.75. The topological polar surface area (TPSA) is 39.2 Å². The minimum Gasteiger partial charge on any atom is -0.465 e. The summed E-state index contributed by atoms with van der Waals surface area (Å²) in [5.41, 5.74) is 0.886. The van der Waals surface area contributed by atoms with Crippen LogP contribution in [0.25, 0.3) is 0 Å². The van der Waals surface area contributed by atoms with E-state index in [1.807, 2.05) is 12.4 Å². The van der Waals surface area contributed by atoms with Gasteiger partial charge in [0.15, 0.2) is 0 Å². The fourth-order valence-electron chi connectivity index (χ4n) is 4.60. The first-order valence-electron chi connectivity index (χ1n) is 12.2. The summed E-state index contributed by atoms with van der Waals surface area (Å²) in [4.78, 5) is 17.5. The van der Waals surface area contributed by atoms with Crippen molar-refractivity contribution in [3.05, 3.63) is 30.1 Å². The number of hydrogen-bond donors (Lipinski definition) is 0. The molecule has 1 aromatic heterocycles. The number of pyridine rings is 1. The zero-order valence-corrected chi connectivity index (χ0v) is 22.3. The maximum Gasteiger partial charge on any atom is 0.312 e. The Morgan fingerprint density at radius 2 is 1.55 bits per heavy atom. The quantitative estimate of drug-likeness (QED) is 0.263. The fraction of sp³-hybridized carbons (Fsp3) is 0.786. The van der Waals surface area contributed by atoms with E-state index in [0.29, 0.717) is 12.5 Å². The van der Waals surface area contributed by atoms with Crippen molar-refractivity contribution in [3.63, 3.8) is 0 Å². The molecule has 0 aliphatic carbocycles. The minimum atomic E-state index is -0.515. The molecule has 0 bridgehead atoms. The molecule has 1 aromatic rings. The highest BCUT2D eigenvalue weighted by Crippen LogP contribution is 2.57. The number of unbranched alkanes of at least 4 members (excludes halogenated alkanes) is 1. The molecule has 0 N–H and O–H groups in total. The molecule has 0 fully saturated rings. The molecule has 0 aliphatic heterocycles. The lowest BCUT2D eigenvalue weighted by molar-refractivity contribution is -0.162. The first-order chi connectivity index (χ1) is 14.1. The Kier molecular flexibility index (Phi) is 9.36. The Balaban J connectivity index is 3.32. The lowest BCUT2D eigenvalue weighted by Gasteiger charge is -2.52. The van der Waals surface area contributed by atoms with Crippen molar-refractivity contribution in [2.24, 2.45) is 27.6 Å². The number of carbonyl (C=O) groups excluding carboxylic acids is 1. The van der Waals surface area contributed by atoms with Crippen molar-refractivity contribution in [1.82, 2.24) is 4.98 Å². The molecule has 0 saturated heterocycles. The summed E-state index contributed by atoms with van der Waals surface area (Å²) in [6.07, 6.45) is 7.62. The highest BCUT2D eigenvalue weighted by Gasteiger charge is 2.51. The lowest BCUT2D eigenvalue weighted by atomic mass is 9.52. The van der Waals surface area contributed by atoms with Crippen LogP contribution in [-0.4, -0.2) is 17.6 Å². The predicted octanol–water partition coefficient (Wildman–Crippen LogP) is 8.05. The summed E-state index contributed by atoms with van der Waals surface area (Å²) >= 11 is 0. The molecule has 0 aromatic carbocycles. The number of esters is 1. The molecule has 1 rings (SSSR count). The molecule has 2 unspecified atom stereocenters. The highest BCUT2D eigenvalue weighted by molar-refractivity contribution is 5.76. The van der Waals surface area contributed by atoms with E-state index >= 15 is 0 Å². The zero-order valence-electron chi connectivity index (χ0n) is 22.3. The van der Waals surface area contributed by atoms with Gasteiger partial charge in [0, 0.05) is 12.4 Å². The van der Waals surface area contributed by atoms with Gasteiger partial charge in [-0.3, -0.25) is 9.78 Å². The Hall–Kier alpha value is -1.38. The van der Waals surface area contributed by atoms with Crippen molar-refractivity contribution in [1.29, 1.82) is 0 Å². The van der Waals surface area contributed by atoms with E-state index in [4.69, 9.17) is 4.74 Å². The molecular formula is C28H49NO2. The zero-order chi connectivity index (χ0) is 24.1. The minimum absolute atomic E-state index is 0.0402. The highest BCUT2D eigenvalue weighted by atomic mass is 16.5. The molecular weight excluding hydrogens is 382 g/mol. The van der Waals surface area contributed by atoms with Crippen molar-refractivity contribution >= 4 is 5.97 Å². The molecule has 0 radical (unpaired) electrons. The number of nitrogens with zero attached hydrogens (tertiary/aromatic N) is 1. The third kappa shape index (κ3) is 7.05. The van der Waals surface area contributed by atoms with Crippen molar-refractivity contribution in [2.45, 2.75) is 108 Å². The van der Waals surface area contributed by atoms with Gasteiger partial charge in [-0.05, 0) is 72.0 Å². The van der Waals surface area contributed by atoms with Crippen molar-refractivity contribution < 1.29 is 9.53 Å². The molecule has 3 nitrogen and oxygen atoms in total. The number of aromatic nitrogens is 1. The van der Waals surface area contributed by atoms with Crippen LogP contribution in [0.4, 0.5) is 0 Å². The Labute approximate surface area is 192 Å². The van der Waals surface area contributed by atoms with Crippen LogP contribution in [0.15, 0.2) is 24.5 Å². The fourth-order valence-corrected chi connectivity index (χ4v) is 4.60. The number of carbonyl (C=O) groups is 1. The summed E-state index contributed by atoms with van der Waals surface area (Å²) in [6.45, 7) is 25.4. The van der Waals surface area contributed by atoms with Crippen LogP contribution in [0.5, 0.6) is 0 Å². The van der Waals surface area contributed by atoms with E-state index in [1.165, 1.54) is 5.56 Å². The molecule has 2 atom stereocenters. The SMILES string of the molecule is CCCCOC(=O)C(C)(CC(C)(C)C(C)(C)C(CC(C)(C)C)c1ccncc1)C(C)C. The summed E-state index contributed by atoms with van der Waals surface area (Å²) in [5.74, 6) is 0.521. The van der Waals surface area contributed by atoms with Gasteiger partial charge in [0.1, 0.15) is 0 Å². The van der Waals surface area contributed by atoms with E-state index in [9.17, 15) is 4.79 Å². The smallest absolute Gasteiger partial charge is 0.312 e. The maximum absolute atomic E-state index is 13.2. The first-order valence-corrected chi connectivity index (χ1v) is 12.2. The van der Waals surface area contributed by atoms with Gasteiger partial charge < -0.3 is 4.74 Å². The molecule has 0 spiro atoms. The van der Waals surface area contributed by atoms with Crippen LogP contribution in [0, 0.1) is 27.6 Å². The van der Waals surface area contributed by atoms with E-state index < -0.39 is 5.41 Å². The van der Waals surface area contributed by atoms with Gasteiger partial charge >= 0.3 is 5.97 Å². The van der Waals surface area contributed by atoms with E-state index in [0.717, 1.165) is 25.7 Å². The van der Waals surface area contributed by atoms with E-state index in [2.05, 4.69) is 93.3 Å². The summed E-state index contributed by atoms with van der Waals surface area (Å²) in [7, 11) is 0. The van der Waals surface area contributed by atoms with Crippen LogP contribution >= 0.6 is 0 Å². The Bertz CT molecular complexity index is 685. The second-order valence-corrected chi connectivity index (χ2v) is 12.4. The largest absolute Gasteiger partial charge is 0.465 e. The standard InChI is InChI=1S/C28H49NO2/c1-12-13-18-31-24(30)28(11,21(2)3)20-26(7,8)27(9,10)23(19-25(4,5)6)22-14-16-29-17-15-22/h14-17,21,23H,12-13,18-20H2,1-11H3. The predicted molar refractivity (Wildman–Crippen MR) is 132 cm³/mol. The molecule has 1 heterocycles. The van der Waals surface area contributed by atoms with Crippen LogP contribution in [0.2, 0.25) is 0 Å². The molecule has 31 heavy (non-hydrogen) atoms. The second-order valence-electron chi connectivity index (χ2n) is 12.4. The van der Waals surface area contributed by atoms with Gasteiger partial charge in [-0.2, -0.15) is 0 Å². The number of ether oxygens (including phenoxy) is 1. The van der Waals surface area contributed by atoms with Crippen LogP contribution in [0.1, 0.15) is 113 Å². The van der Waals surface area contributed by atoms with Gasteiger partial charge in [0.2, 0.25) is 0 Å². The number of rotatable bonds is 11. The molecule has 178 valence electrons. The molecule has 0 saturated carbocycles. The van der Waals surface area contributed by atoms with Crippen molar-refractivity contribution in [2.75, 3.05) is 6.61 Å². The average molecular weight is 432 g/mol. The molecule has 3 heteroatoms. The summed E-state index contributed by atoms with van der Waals surface area (Å²) in [5, 5.41) is 0. The number of hydrogen-bond acceptors (Lipinski definition) is 3. The average Bonchev–Trinajstić information content (AvgIpc) is 2.65. The van der Waals surface area contributed by atoms with Crippen LogP contribution in [0.3, 0.4) is 0 Å². The summed E-state index contributed by atoms with van der Waals surface area (Å²) in [6, 6.07) is 4.32. The maximum atomic E-state index is 13.2. The lowest BCUT2D eigenvalue weighted by Crippen LogP contribution is -2.46. The van der Waals surface area contributed by atoms with Gasteiger partial charge in [0.05, 0.1) is 12.0 Å². The third-order valence-corrected chi connectivity index (χ3v) is 7.82. The van der Waals surface area contributed by atoms with Crippen molar-refractivity contribution in [3.8, 4) is 0 Å².